The van der Waals surface area contributed by atoms with Gasteiger partial charge in [0.05, 0.1) is 6.61 Å². The molecule has 0 aliphatic carbocycles. The van der Waals surface area contributed by atoms with Crippen molar-refractivity contribution in [3.63, 3.8) is 0 Å². The molecule has 0 radical (unpaired) electrons. The fourth-order valence-corrected chi connectivity index (χ4v) is 2.18. The lowest BCUT2D eigenvalue weighted by Gasteiger charge is -2.16. The van der Waals surface area contributed by atoms with Crippen molar-refractivity contribution >= 4 is 14.1 Å². The van der Waals surface area contributed by atoms with Crippen molar-refractivity contribution in [2.75, 3.05) is 12.3 Å². The number of hydrogen-bond donors (Lipinski definition) is 4. The van der Waals surface area contributed by atoms with E-state index in [2.05, 4.69) is 9.51 Å². The van der Waals surface area contributed by atoms with Crippen molar-refractivity contribution in [3.8, 4) is 0 Å². The zero-order chi connectivity index (χ0) is 14.9. The summed E-state index contributed by atoms with van der Waals surface area (Å²) in [6, 6.07) is 1.33. The Balaban J connectivity index is 2.17. The molecule has 0 saturated carbocycles. The van der Waals surface area contributed by atoms with Gasteiger partial charge in [0.1, 0.15) is 24.1 Å². The summed E-state index contributed by atoms with van der Waals surface area (Å²) < 4.78 is 21.2. The fraction of sp³-hybridized carbons (Fsp3) is 0.556. The maximum atomic E-state index is 11.6. The highest BCUT2D eigenvalue weighted by molar-refractivity contribution is 7.32. The predicted molar refractivity (Wildman–Crippen MR) is 66.0 cm³/mol. The topological polar surface area (TPSA) is 157 Å². The Labute approximate surface area is 113 Å². The van der Waals surface area contributed by atoms with Crippen molar-refractivity contribution in [2.45, 2.75) is 24.5 Å². The molecule has 0 bridgehead atoms. The molecule has 1 saturated heterocycles. The Morgan fingerprint density at radius 1 is 1.50 bits per heavy atom. The first kappa shape index (κ1) is 15.1. The second-order valence-electron chi connectivity index (χ2n) is 4.17. The molecule has 2 heterocycles. The molecule has 5 N–H and O–H groups in total. The lowest BCUT2D eigenvalue weighted by atomic mass is 10.1. The van der Waals surface area contributed by atoms with E-state index >= 15 is 0 Å². The molecule has 11 heteroatoms. The zero-order valence-corrected chi connectivity index (χ0v) is 11.1. The maximum Gasteiger partial charge on any atom is 0.351 e. The summed E-state index contributed by atoms with van der Waals surface area (Å²) >= 11 is 0. The maximum absolute atomic E-state index is 11.6. The lowest BCUT2D eigenvalue weighted by Crippen LogP contribution is -2.36. The fourth-order valence-electron chi connectivity index (χ4n) is 1.87. The number of nitrogens with zero attached hydrogens (tertiary/aromatic N) is 2. The molecule has 0 aromatic carbocycles. The Kier molecular flexibility index (Phi) is 4.53. The summed E-state index contributed by atoms with van der Waals surface area (Å²) in [7, 11) is -3.18. The van der Waals surface area contributed by atoms with E-state index < -0.39 is 38.5 Å². The third kappa shape index (κ3) is 3.06. The molecule has 1 aromatic heterocycles. The Morgan fingerprint density at radius 3 is 2.80 bits per heavy atom. The molecule has 1 unspecified atom stereocenters. The average Bonchev–Trinajstić information content (AvgIpc) is 2.64. The van der Waals surface area contributed by atoms with Crippen LogP contribution in [0.5, 0.6) is 0 Å². The Bertz CT molecular complexity index is 565. The van der Waals surface area contributed by atoms with Crippen LogP contribution in [0.15, 0.2) is 17.1 Å². The summed E-state index contributed by atoms with van der Waals surface area (Å²) in [5.74, 6) is 0.0121. The molecule has 0 spiro atoms. The van der Waals surface area contributed by atoms with Gasteiger partial charge in [0.25, 0.3) is 0 Å². The van der Waals surface area contributed by atoms with Gasteiger partial charge >= 0.3 is 13.9 Å². The summed E-state index contributed by atoms with van der Waals surface area (Å²) in [6.45, 7) is -0.389. The number of ether oxygens (including phenoxy) is 1. The molecule has 2 rings (SSSR count). The minimum atomic E-state index is -3.18. The van der Waals surface area contributed by atoms with Gasteiger partial charge in [-0.05, 0) is 6.07 Å². The number of nitrogens with two attached hydrogens (primary N) is 1. The largest absolute Gasteiger partial charge is 0.387 e. The van der Waals surface area contributed by atoms with Crippen molar-refractivity contribution < 1.29 is 28.9 Å². The van der Waals surface area contributed by atoms with Gasteiger partial charge in [-0.3, -0.25) is 9.13 Å². The SMILES string of the molecule is Nc1ccn([C@@H]2O[C@H](CO[PH](=O)O)[C@@H](O)[C@H]2O)c(=O)n1. The number of nitrogen functional groups attached to an aromatic ring is 1. The van der Waals surface area contributed by atoms with Gasteiger partial charge in [-0.15, -0.1) is 0 Å². The molecule has 1 aliphatic heterocycles. The van der Waals surface area contributed by atoms with Gasteiger partial charge < -0.3 is 30.1 Å². The average molecular weight is 307 g/mol. The van der Waals surface area contributed by atoms with Gasteiger partial charge in [0.2, 0.25) is 0 Å². The van der Waals surface area contributed by atoms with E-state index in [0.717, 1.165) is 4.57 Å². The van der Waals surface area contributed by atoms with E-state index in [-0.39, 0.29) is 12.4 Å². The molecule has 10 nitrogen and oxygen atoms in total. The van der Waals surface area contributed by atoms with Crippen LogP contribution in [-0.4, -0.2) is 49.6 Å². The van der Waals surface area contributed by atoms with E-state index in [1.807, 2.05) is 0 Å². The first-order valence-corrected chi connectivity index (χ1v) is 6.88. The van der Waals surface area contributed by atoms with Crippen molar-refractivity contribution in [1.29, 1.82) is 0 Å². The zero-order valence-electron chi connectivity index (χ0n) is 10.1. The number of aliphatic hydroxyl groups excluding tert-OH is 2. The molecular formula is C9H14N3O7P. The first-order valence-electron chi connectivity index (χ1n) is 5.62. The molecule has 1 fully saturated rings. The lowest BCUT2D eigenvalue weighted by molar-refractivity contribution is -0.0516. The highest BCUT2D eigenvalue weighted by atomic mass is 31.1. The summed E-state index contributed by atoms with van der Waals surface area (Å²) in [5, 5.41) is 19.6. The molecule has 112 valence electrons. The Morgan fingerprint density at radius 2 is 2.20 bits per heavy atom. The minimum Gasteiger partial charge on any atom is -0.387 e. The summed E-state index contributed by atoms with van der Waals surface area (Å²) in [5.41, 5.74) is 4.59. The number of aromatic nitrogens is 2. The van der Waals surface area contributed by atoms with E-state index in [1.54, 1.807) is 0 Å². The second-order valence-corrected chi connectivity index (χ2v) is 4.99. The van der Waals surface area contributed by atoms with Crippen LogP contribution in [0.4, 0.5) is 5.82 Å². The van der Waals surface area contributed by atoms with Crippen LogP contribution in [0, 0.1) is 0 Å². The van der Waals surface area contributed by atoms with Gasteiger partial charge in [-0.2, -0.15) is 4.98 Å². The van der Waals surface area contributed by atoms with Crippen LogP contribution in [0.1, 0.15) is 6.23 Å². The monoisotopic (exact) mass is 307 g/mol. The van der Waals surface area contributed by atoms with Crippen molar-refractivity contribution in [2.24, 2.45) is 0 Å². The number of aliphatic hydroxyl groups is 2. The third-order valence-electron chi connectivity index (χ3n) is 2.83. The summed E-state index contributed by atoms with van der Waals surface area (Å²) in [6.07, 6.45) is -3.73. The molecular weight excluding hydrogens is 293 g/mol. The smallest absolute Gasteiger partial charge is 0.351 e. The van der Waals surface area contributed by atoms with Crippen molar-refractivity contribution in [3.05, 3.63) is 22.7 Å². The Hall–Kier alpha value is -1.29. The molecule has 5 atom stereocenters. The first-order chi connectivity index (χ1) is 9.40. The van der Waals surface area contributed by atoms with E-state index in [0.29, 0.717) is 0 Å². The number of anilines is 1. The second kappa shape index (κ2) is 6.00. The quantitative estimate of drug-likeness (QED) is 0.455. The standard InChI is InChI=1S/C9H14N3O7P/c10-5-1-2-12(9(15)11-5)8-7(14)6(13)4(19-8)3-18-20(16)17/h1-2,4,6-8,13-14,20H,3H2,(H,16,17)(H2,10,11,15)/t4-,6-,7-,8-/m1/s1. The van der Waals surface area contributed by atoms with E-state index in [1.165, 1.54) is 12.3 Å². The number of rotatable bonds is 4. The van der Waals surface area contributed by atoms with Crippen LogP contribution in [-0.2, 0) is 13.8 Å². The van der Waals surface area contributed by atoms with Crippen molar-refractivity contribution in [1.82, 2.24) is 9.55 Å². The van der Waals surface area contributed by atoms with Crippen LogP contribution >= 0.6 is 8.25 Å². The number of hydrogen-bond acceptors (Lipinski definition) is 8. The van der Waals surface area contributed by atoms with Gasteiger partial charge in [0, 0.05) is 6.20 Å². The highest BCUT2D eigenvalue weighted by Crippen LogP contribution is 2.30. The van der Waals surface area contributed by atoms with E-state index in [9.17, 15) is 19.6 Å². The van der Waals surface area contributed by atoms with E-state index in [4.69, 9.17) is 15.4 Å². The minimum absolute atomic E-state index is 0.0121. The molecule has 1 aliphatic rings. The van der Waals surface area contributed by atoms with Crippen LogP contribution < -0.4 is 11.4 Å². The van der Waals surface area contributed by atoms with Crippen LogP contribution in [0.25, 0.3) is 0 Å². The van der Waals surface area contributed by atoms with Gasteiger partial charge in [-0.25, -0.2) is 4.79 Å². The van der Waals surface area contributed by atoms with Crippen LogP contribution in [0.2, 0.25) is 0 Å². The van der Waals surface area contributed by atoms with Crippen LogP contribution in [0.3, 0.4) is 0 Å². The predicted octanol–water partition coefficient (Wildman–Crippen LogP) is -2.16. The van der Waals surface area contributed by atoms with Gasteiger partial charge in [-0.1, -0.05) is 0 Å². The van der Waals surface area contributed by atoms with Gasteiger partial charge in [0.15, 0.2) is 6.23 Å². The normalized spacial score (nSPS) is 31.4. The molecule has 1 aromatic rings. The molecule has 0 amide bonds. The third-order valence-corrected chi connectivity index (χ3v) is 3.25. The molecule has 20 heavy (non-hydrogen) atoms. The highest BCUT2D eigenvalue weighted by Gasteiger charge is 2.44. The summed E-state index contributed by atoms with van der Waals surface area (Å²) in [4.78, 5) is 23.7.